The smallest absolute Gasteiger partial charge is 0.162 e. The maximum atomic E-state index is 12.0. The molecule has 1 aliphatic rings. The highest BCUT2D eigenvalue weighted by Gasteiger charge is 2.13. The van der Waals surface area contributed by atoms with Gasteiger partial charge in [-0.1, -0.05) is 40.9 Å². The minimum Gasteiger partial charge on any atom is -0.381 e. The number of hydrogen-bond acceptors (Lipinski definition) is 2. The zero-order valence-corrected chi connectivity index (χ0v) is 12.8. The number of carbonyl (C=O) groups is 1. The van der Waals surface area contributed by atoms with E-state index in [9.17, 15) is 4.79 Å². The lowest BCUT2D eigenvalue weighted by atomic mass is 9.93. The molecular weight excluding hydrogens is 304 g/mol. The Morgan fingerprint density at radius 2 is 1.84 bits per heavy atom. The molecule has 0 bridgehead atoms. The third-order valence-electron chi connectivity index (χ3n) is 3.77. The van der Waals surface area contributed by atoms with Crippen LogP contribution in [-0.4, -0.2) is 19.0 Å². The normalized spacial score (nSPS) is 16.5. The molecule has 0 amide bonds. The van der Waals surface area contributed by atoms with Crippen LogP contribution in [0.5, 0.6) is 0 Å². The fraction of sp³-hybridized carbons (Fsp3) is 0.562. The van der Waals surface area contributed by atoms with Crippen LogP contribution in [0, 0.1) is 5.92 Å². The Labute approximate surface area is 123 Å². The zero-order chi connectivity index (χ0) is 13.5. The first-order valence-electron chi connectivity index (χ1n) is 7.12. The molecule has 0 spiro atoms. The summed E-state index contributed by atoms with van der Waals surface area (Å²) in [6.07, 6.45) is 6.47. The SMILES string of the molecule is O=C(CCCCC1CCOCC1)c1ccc(Br)cc1. The van der Waals surface area contributed by atoms with Crippen LogP contribution in [0.1, 0.15) is 48.9 Å². The molecule has 0 unspecified atom stereocenters. The van der Waals surface area contributed by atoms with E-state index in [2.05, 4.69) is 15.9 Å². The van der Waals surface area contributed by atoms with Gasteiger partial charge in [-0.25, -0.2) is 0 Å². The van der Waals surface area contributed by atoms with Crippen LogP contribution in [0.2, 0.25) is 0 Å². The Morgan fingerprint density at radius 3 is 2.53 bits per heavy atom. The average Bonchev–Trinajstić information content (AvgIpc) is 2.45. The van der Waals surface area contributed by atoms with Crippen LogP contribution in [0.4, 0.5) is 0 Å². The van der Waals surface area contributed by atoms with Crippen LogP contribution < -0.4 is 0 Å². The van der Waals surface area contributed by atoms with Gasteiger partial charge < -0.3 is 4.74 Å². The van der Waals surface area contributed by atoms with Crippen molar-refractivity contribution in [3.05, 3.63) is 34.3 Å². The molecule has 0 radical (unpaired) electrons. The molecule has 1 aromatic carbocycles. The second kappa shape index (κ2) is 7.81. The van der Waals surface area contributed by atoms with E-state index in [0.717, 1.165) is 42.0 Å². The zero-order valence-electron chi connectivity index (χ0n) is 11.2. The molecule has 104 valence electrons. The third kappa shape index (κ3) is 5.07. The summed E-state index contributed by atoms with van der Waals surface area (Å²) < 4.78 is 6.37. The molecule has 0 aliphatic carbocycles. The van der Waals surface area contributed by atoms with E-state index in [0.29, 0.717) is 6.42 Å². The average molecular weight is 325 g/mol. The molecule has 19 heavy (non-hydrogen) atoms. The van der Waals surface area contributed by atoms with Crippen molar-refractivity contribution in [3.8, 4) is 0 Å². The number of ketones is 1. The quantitative estimate of drug-likeness (QED) is 0.563. The highest BCUT2D eigenvalue weighted by molar-refractivity contribution is 9.10. The van der Waals surface area contributed by atoms with Gasteiger partial charge in [0.2, 0.25) is 0 Å². The van der Waals surface area contributed by atoms with Gasteiger partial charge in [-0.2, -0.15) is 0 Å². The molecule has 2 rings (SSSR count). The van der Waals surface area contributed by atoms with Crippen molar-refractivity contribution < 1.29 is 9.53 Å². The Bertz CT molecular complexity index is 394. The van der Waals surface area contributed by atoms with Gasteiger partial charge in [0, 0.05) is 29.7 Å². The summed E-state index contributed by atoms with van der Waals surface area (Å²) in [4.78, 5) is 12.0. The van der Waals surface area contributed by atoms with Crippen LogP contribution in [0.3, 0.4) is 0 Å². The van der Waals surface area contributed by atoms with Crippen LogP contribution >= 0.6 is 15.9 Å². The van der Waals surface area contributed by atoms with E-state index in [-0.39, 0.29) is 5.78 Å². The Morgan fingerprint density at radius 1 is 1.16 bits per heavy atom. The predicted molar refractivity (Wildman–Crippen MR) is 80.5 cm³/mol. The van der Waals surface area contributed by atoms with Gasteiger partial charge in [-0.15, -0.1) is 0 Å². The van der Waals surface area contributed by atoms with E-state index >= 15 is 0 Å². The summed E-state index contributed by atoms with van der Waals surface area (Å²) in [5, 5.41) is 0. The summed E-state index contributed by atoms with van der Waals surface area (Å²) in [7, 11) is 0. The minimum atomic E-state index is 0.263. The van der Waals surface area contributed by atoms with Crippen molar-refractivity contribution in [2.24, 2.45) is 5.92 Å². The van der Waals surface area contributed by atoms with E-state index in [1.807, 2.05) is 24.3 Å². The van der Waals surface area contributed by atoms with Crippen molar-refractivity contribution in [1.82, 2.24) is 0 Å². The number of benzene rings is 1. The lowest BCUT2D eigenvalue weighted by Gasteiger charge is -2.21. The van der Waals surface area contributed by atoms with E-state index in [4.69, 9.17) is 4.74 Å². The molecule has 1 fully saturated rings. The molecule has 1 saturated heterocycles. The number of carbonyl (C=O) groups excluding carboxylic acids is 1. The Balaban J connectivity index is 1.64. The topological polar surface area (TPSA) is 26.3 Å². The first-order valence-corrected chi connectivity index (χ1v) is 7.91. The molecule has 0 atom stereocenters. The second-order valence-electron chi connectivity index (χ2n) is 5.23. The standard InChI is InChI=1S/C16H21BrO2/c17-15-7-5-14(6-8-15)16(18)4-2-1-3-13-9-11-19-12-10-13/h5-8,13H,1-4,9-12H2. The van der Waals surface area contributed by atoms with Gasteiger partial charge in [0.25, 0.3) is 0 Å². The monoisotopic (exact) mass is 324 g/mol. The summed E-state index contributed by atoms with van der Waals surface area (Å²) >= 11 is 3.38. The van der Waals surface area contributed by atoms with Crippen molar-refractivity contribution in [2.75, 3.05) is 13.2 Å². The minimum absolute atomic E-state index is 0.263. The van der Waals surface area contributed by atoms with Crippen LogP contribution in [0.15, 0.2) is 28.7 Å². The van der Waals surface area contributed by atoms with Crippen LogP contribution in [-0.2, 0) is 4.74 Å². The van der Waals surface area contributed by atoms with Gasteiger partial charge in [0.1, 0.15) is 0 Å². The van der Waals surface area contributed by atoms with Crippen molar-refractivity contribution in [3.63, 3.8) is 0 Å². The maximum Gasteiger partial charge on any atom is 0.162 e. The van der Waals surface area contributed by atoms with Gasteiger partial charge in [0.05, 0.1) is 0 Å². The number of unbranched alkanes of at least 4 members (excludes halogenated alkanes) is 1. The number of Topliss-reactive ketones (excluding diaryl/α,β-unsaturated/α-hetero) is 1. The maximum absolute atomic E-state index is 12.0. The largest absolute Gasteiger partial charge is 0.381 e. The van der Waals surface area contributed by atoms with Gasteiger partial charge in [-0.05, 0) is 37.3 Å². The molecular formula is C16H21BrO2. The van der Waals surface area contributed by atoms with Crippen LogP contribution in [0.25, 0.3) is 0 Å². The number of rotatable bonds is 6. The molecule has 1 aromatic rings. The summed E-state index contributed by atoms with van der Waals surface area (Å²) in [5.74, 6) is 1.08. The lowest BCUT2D eigenvalue weighted by Crippen LogP contribution is -2.15. The molecule has 0 aromatic heterocycles. The molecule has 0 saturated carbocycles. The van der Waals surface area contributed by atoms with Crippen molar-refractivity contribution in [2.45, 2.75) is 38.5 Å². The molecule has 1 aliphatic heterocycles. The highest BCUT2D eigenvalue weighted by Crippen LogP contribution is 2.21. The number of hydrogen-bond donors (Lipinski definition) is 0. The summed E-state index contributed by atoms with van der Waals surface area (Å²) in [5.41, 5.74) is 0.828. The first-order chi connectivity index (χ1) is 9.25. The Hall–Kier alpha value is -0.670. The van der Waals surface area contributed by atoms with E-state index in [1.165, 1.54) is 19.3 Å². The number of ether oxygens (including phenoxy) is 1. The Kier molecular flexibility index (Phi) is 6.05. The third-order valence-corrected chi connectivity index (χ3v) is 4.30. The fourth-order valence-electron chi connectivity index (χ4n) is 2.53. The first kappa shape index (κ1) is 14.7. The predicted octanol–water partition coefficient (Wildman–Crippen LogP) is 4.62. The summed E-state index contributed by atoms with van der Waals surface area (Å²) in [6.45, 7) is 1.84. The summed E-state index contributed by atoms with van der Waals surface area (Å²) in [6, 6.07) is 7.64. The molecule has 3 heteroatoms. The van der Waals surface area contributed by atoms with E-state index < -0.39 is 0 Å². The fourth-order valence-corrected chi connectivity index (χ4v) is 2.80. The van der Waals surface area contributed by atoms with Gasteiger partial charge >= 0.3 is 0 Å². The van der Waals surface area contributed by atoms with Crippen molar-refractivity contribution >= 4 is 21.7 Å². The number of halogens is 1. The second-order valence-corrected chi connectivity index (χ2v) is 6.15. The van der Waals surface area contributed by atoms with Gasteiger partial charge in [0.15, 0.2) is 5.78 Å². The van der Waals surface area contributed by atoms with Gasteiger partial charge in [-0.3, -0.25) is 4.79 Å². The molecule has 1 heterocycles. The lowest BCUT2D eigenvalue weighted by molar-refractivity contribution is 0.0630. The van der Waals surface area contributed by atoms with Crippen molar-refractivity contribution in [1.29, 1.82) is 0 Å². The molecule has 2 nitrogen and oxygen atoms in total. The van der Waals surface area contributed by atoms with E-state index in [1.54, 1.807) is 0 Å². The molecule has 0 N–H and O–H groups in total. The highest BCUT2D eigenvalue weighted by atomic mass is 79.9.